The molecule has 3 N–H and O–H groups in total. The molecule has 0 radical (unpaired) electrons. The Morgan fingerprint density at radius 2 is 1.89 bits per heavy atom. The number of aliphatic carboxylic acids is 1. The number of hydrazine groups is 1. The highest BCUT2D eigenvalue weighted by atomic mass is 16.6. The highest BCUT2D eigenvalue weighted by Gasteiger charge is 2.21. The first-order valence-corrected chi connectivity index (χ1v) is 5.95. The predicted octanol–water partition coefficient (Wildman–Crippen LogP) is 1.53. The van der Waals surface area contributed by atoms with Crippen LogP contribution in [0.15, 0.2) is 30.3 Å². The lowest BCUT2D eigenvalue weighted by molar-refractivity contribution is -0.140. The SMILES string of the molecule is CC(C)[C@H](NNC(=O)OCc1ccccc1)C(=O)O. The monoisotopic (exact) mass is 266 g/mol. The fourth-order valence-corrected chi connectivity index (χ4v) is 1.41. The first kappa shape index (κ1) is 15.0. The molecule has 0 saturated heterocycles. The van der Waals surface area contributed by atoms with Crippen molar-refractivity contribution in [2.24, 2.45) is 5.92 Å². The van der Waals surface area contributed by atoms with Gasteiger partial charge in [0.2, 0.25) is 0 Å². The van der Waals surface area contributed by atoms with Crippen LogP contribution in [0.3, 0.4) is 0 Å². The van der Waals surface area contributed by atoms with E-state index in [1.165, 1.54) is 0 Å². The summed E-state index contributed by atoms with van der Waals surface area (Å²) >= 11 is 0. The summed E-state index contributed by atoms with van der Waals surface area (Å²) in [7, 11) is 0. The number of carbonyl (C=O) groups excluding carboxylic acids is 1. The number of benzene rings is 1. The molecule has 6 heteroatoms. The Morgan fingerprint density at radius 3 is 2.42 bits per heavy atom. The van der Waals surface area contributed by atoms with E-state index in [9.17, 15) is 9.59 Å². The zero-order chi connectivity index (χ0) is 14.3. The molecular formula is C13H18N2O4. The fraction of sp³-hybridized carbons (Fsp3) is 0.385. The number of rotatable bonds is 6. The number of hydrogen-bond acceptors (Lipinski definition) is 4. The van der Waals surface area contributed by atoms with E-state index in [-0.39, 0.29) is 12.5 Å². The van der Waals surface area contributed by atoms with Gasteiger partial charge in [0.25, 0.3) is 0 Å². The molecule has 0 saturated carbocycles. The van der Waals surface area contributed by atoms with Gasteiger partial charge >= 0.3 is 12.1 Å². The summed E-state index contributed by atoms with van der Waals surface area (Å²) < 4.78 is 4.93. The predicted molar refractivity (Wildman–Crippen MR) is 69.2 cm³/mol. The van der Waals surface area contributed by atoms with Crippen LogP contribution in [0.5, 0.6) is 0 Å². The second-order valence-electron chi connectivity index (χ2n) is 4.39. The van der Waals surface area contributed by atoms with Crippen molar-refractivity contribution < 1.29 is 19.4 Å². The van der Waals surface area contributed by atoms with Crippen LogP contribution in [0.1, 0.15) is 19.4 Å². The molecule has 0 aromatic heterocycles. The van der Waals surface area contributed by atoms with Crippen molar-refractivity contribution >= 4 is 12.1 Å². The van der Waals surface area contributed by atoms with E-state index in [1.54, 1.807) is 13.8 Å². The van der Waals surface area contributed by atoms with Crippen molar-refractivity contribution in [1.82, 2.24) is 10.9 Å². The summed E-state index contributed by atoms with van der Waals surface area (Å²) in [6.07, 6.45) is -0.712. The van der Waals surface area contributed by atoms with Crippen molar-refractivity contribution in [3.63, 3.8) is 0 Å². The Balaban J connectivity index is 2.33. The van der Waals surface area contributed by atoms with Crippen LogP contribution in [0.4, 0.5) is 4.79 Å². The van der Waals surface area contributed by atoms with E-state index < -0.39 is 18.1 Å². The Hall–Kier alpha value is -2.08. The average Bonchev–Trinajstić information content (AvgIpc) is 2.37. The molecule has 104 valence electrons. The Kier molecular flexibility index (Phi) is 5.81. The van der Waals surface area contributed by atoms with E-state index in [1.807, 2.05) is 30.3 Å². The second-order valence-corrected chi connectivity index (χ2v) is 4.39. The van der Waals surface area contributed by atoms with Crippen molar-refractivity contribution in [3.8, 4) is 0 Å². The average molecular weight is 266 g/mol. The molecule has 0 aliphatic carbocycles. The molecule has 0 heterocycles. The van der Waals surface area contributed by atoms with Gasteiger partial charge in [0, 0.05) is 0 Å². The smallest absolute Gasteiger partial charge is 0.421 e. The van der Waals surface area contributed by atoms with Crippen molar-refractivity contribution in [2.75, 3.05) is 0 Å². The van der Waals surface area contributed by atoms with Gasteiger partial charge in [-0.1, -0.05) is 44.2 Å². The number of carbonyl (C=O) groups is 2. The maximum Gasteiger partial charge on any atom is 0.421 e. The van der Waals surface area contributed by atoms with Crippen LogP contribution in [-0.4, -0.2) is 23.2 Å². The molecule has 0 fully saturated rings. The van der Waals surface area contributed by atoms with Crippen LogP contribution in [-0.2, 0) is 16.1 Å². The summed E-state index contributed by atoms with van der Waals surface area (Å²) in [5.74, 6) is -1.19. The Bertz CT molecular complexity index is 420. The van der Waals surface area contributed by atoms with Gasteiger partial charge in [-0.2, -0.15) is 0 Å². The number of carboxylic acid groups (broad SMARTS) is 1. The maximum atomic E-state index is 11.4. The molecule has 1 aromatic carbocycles. The molecular weight excluding hydrogens is 248 g/mol. The summed E-state index contributed by atoms with van der Waals surface area (Å²) in [4.78, 5) is 22.3. The van der Waals surface area contributed by atoms with Gasteiger partial charge in [-0.05, 0) is 11.5 Å². The minimum atomic E-state index is -1.03. The van der Waals surface area contributed by atoms with Gasteiger partial charge in [0.05, 0.1) is 0 Å². The molecule has 1 rings (SSSR count). The normalized spacial score (nSPS) is 11.9. The van der Waals surface area contributed by atoms with Gasteiger partial charge < -0.3 is 9.84 Å². The highest BCUT2D eigenvalue weighted by Crippen LogP contribution is 2.02. The Morgan fingerprint density at radius 1 is 1.26 bits per heavy atom. The quantitative estimate of drug-likeness (QED) is 0.680. The van der Waals surface area contributed by atoms with Crippen LogP contribution >= 0.6 is 0 Å². The topological polar surface area (TPSA) is 87.7 Å². The molecule has 6 nitrogen and oxygen atoms in total. The molecule has 19 heavy (non-hydrogen) atoms. The second kappa shape index (κ2) is 7.38. The molecule has 0 spiro atoms. The number of amides is 1. The zero-order valence-corrected chi connectivity index (χ0v) is 10.9. The molecule has 1 atom stereocenters. The standard InChI is InChI=1S/C13H18N2O4/c1-9(2)11(12(16)17)14-15-13(18)19-8-10-6-4-3-5-7-10/h3-7,9,11,14H,8H2,1-2H3,(H,15,18)(H,16,17)/t11-/m0/s1. The third-order valence-electron chi connectivity index (χ3n) is 2.48. The van der Waals surface area contributed by atoms with Crippen LogP contribution in [0.25, 0.3) is 0 Å². The van der Waals surface area contributed by atoms with Crippen LogP contribution in [0, 0.1) is 5.92 Å². The summed E-state index contributed by atoms with van der Waals surface area (Å²) in [6.45, 7) is 3.61. The number of hydrogen-bond donors (Lipinski definition) is 3. The Labute approximate surface area is 111 Å². The maximum absolute atomic E-state index is 11.4. The fourth-order valence-electron chi connectivity index (χ4n) is 1.41. The third kappa shape index (κ3) is 5.39. The minimum Gasteiger partial charge on any atom is -0.480 e. The minimum absolute atomic E-state index is 0.133. The van der Waals surface area contributed by atoms with Crippen molar-refractivity contribution in [2.45, 2.75) is 26.5 Å². The summed E-state index contributed by atoms with van der Waals surface area (Å²) in [6, 6.07) is 8.35. The molecule has 0 aliphatic rings. The molecule has 1 amide bonds. The number of carboxylic acids is 1. The van der Waals surface area contributed by atoms with Crippen LogP contribution in [0.2, 0.25) is 0 Å². The van der Waals surface area contributed by atoms with E-state index in [4.69, 9.17) is 9.84 Å². The van der Waals surface area contributed by atoms with E-state index in [0.717, 1.165) is 5.56 Å². The zero-order valence-electron chi connectivity index (χ0n) is 10.9. The highest BCUT2D eigenvalue weighted by molar-refractivity contribution is 5.74. The lowest BCUT2D eigenvalue weighted by atomic mass is 10.1. The van der Waals surface area contributed by atoms with Crippen molar-refractivity contribution in [3.05, 3.63) is 35.9 Å². The summed E-state index contributed by atoms with van der Waals surface area (Å²) in [5, 5.41) is 8.91. The largest absolute Gasteiger partial charge is 0.480 e. The molecule has 0 aliphatic heterocycles. The van der Waals surface area contributed by atoms with E-state index in [2.05, 4.69) is 10.9 Å². The van der Waals surface area contributed by atoms with Crippen molar-refractivity contribution in [1.29, 1.82) is 0 Å². The lowest BCUT2D eigenvalue weighted by Crippen LogP contribution is -2.50. The first-order chi connectivity index (χ1) is 9.00. The molecule has 1 aromatic rings. The van der Waals surface area contributed by atoms with Gasteiger partial charge in [0.1, 0.15) is 12.6 Å². The molecule has 0 unspecified atom stereocenters. The number of nitrogens with one attached hydrogen (secondary N) is 2. The van der Waals surface area contributed by atoms with E-state index >= 15 is 0 Å². The van der Waals surface area contributed by atoms with E-state index in [0.29, 0.717) is 0 Å². The van der Waals surface area contributed by atoms with Gasteiger partial charge in [-0.15, -0.1) is 0 Å². The third-order valence-corrected chi connectivity index (χ3v) is 2.48. The summed E-state index contributed by atoms with van der Waals surface area (Å²) in [5.41, 5.74) is 5.51. The van der Waals surface area contributed by atoms with Gasteiger partial charge in [-0.25, -0.2) is 10.2 Å². The first-order valence-electron chi connectivity index (χ1n) is 5.95. The van der Waals surface area contributed by atoms with Gasteiger partial charge in [-0.3, -0.25) is 10.2 Å². The lowest BCUT2D eigenvalue weighted by Gasteiger charge is -2.18. The van der Waals surface area contributed by atoms with Crippen LogP contribution < -0.4 is 10.9 Å². The molecule has 0 bridgehead atoms. The number of ether oxygens (including phenoxy) is 1. The van der Waals surface area contributed by atoms with Gasteiger partial charge in [0.15, 0.2) is 0 Å².